The quantitative estimate of drug-likeness (QED) is 0.596. The van der Waals surface area contributed by atoms with Crippen LogP contribution >= 0.6 is 0 Å². The third-order valence-corrected chi connectivity index (χ3v) is 3.99. The highest BCUT2D eigenvalue weighted by Gasteiger charge is 2.11. The molecule has 0 spiro atoms. The van der Waals surface area contributed by atoms with E-state index >= 15 is 0 Å². The van der Waals surface area contributed by atoms with Gasteiger partial charge in [-0.3, -0.25) is 4.79 Å². The molecule has 7 nitrogen and oxygen atoms in total. The van der Waals surface area contributed by atoms with Gasteiger partial charge in [-0.1, -0.05) is 18.2 Å². The number of hydrogen-bond acceptors (Lipinski definition) is 6. The molecule has 0 saturated carbocycles. The molecule has 1 N–H and O–H groups in total. The smallest absolute Gasteiger partial charge is 0.338 e. The van der Waals surface area contributed by atoms with Gasteiger partial charge >= 0.3 is 11.9 Å². The van der Waals surface area contributed by atoms with Crippen molar-refractivity contribution < 1.29 is 28.6 Å². The molecule has 0 heterocycles. The maximum atomic E-state index is 12.1. The summed E-state index contributed by atoms with van der Waals surface area (Å²) in [5.41, 5.74) is 1.12. The molecule has 0 aliphatic carbocycles. The van der Waals surface area contributed by atoms with Crippen LogP contribution in [0.4, 0.5) is 5.69 Å². The van der Waals surface area contributed by atoms with E-state index in [0.29, 0.717) is 28.3 Å². The summed E-state index contributed by atoms with van der Waals surface area (Å²) in [6, 6.07) is 21.8. The van der Waals surface area contributed by atoms with E-state index in [2.05, 4.69) is 10.1 Å². The van der Waals surface area contributed by atoms with Crippen molar-refractivity contribution in [2.24, 2.45) is 0 Å². The minimum absolute atomic E-state index is 0.297. The summed E-state index contributed by atoms with van der Waals surface area (Å²) in [5.74, 6) is -0.340. The molecule has 0 fully saturated rings. The van der Waals surface area contributed by atoms with Gasteiger partial charge in [-0.15, -0.1) is 0 Å². The number of para-hydroxylation sites is 1. The zero-order valence-electron chi connectivity index (χ0n) is 16.2. The van der Waals surface area contributed by atoms with E-state index in [9.17, 15) is 14.4 Å². The van der Waals surface area contributed by atoms with Crippen molar-refractivity contribution in [1.82, 2.24) is 0 Å². The lowest BCUT2D eigenvalue weighted by Gasteiger charge is -2.08. The summed E-state index contributed by atoms with van der Waals surface area (Å²) in [4.78, 5) is 35.5. The van der Waals surface area contributed by atoms with Crippen molar-refractivity contribution >= 4 is 23.5 Å². The van der Waals surface area contributed by atoms with Gasteiger partial charge in [-0.05, 0) is 60.7 Å². The van der Waals surface area contributed by atoms with E-state index in [1.54, 1.807) is 36.4 Å². The monoisotopic (exact) mass is 405 g/mol. The fraction of sp³-hybridized carbons (Fsp3) is 0.0870. The number of nitrogens with one attached hydrogen (secondary N) is 1. The number of ether oxygens (including phenoxy) is 3. The zero-order valence-corrected chi connectivity index (χ0v) is 16.2. The lowest BCUT2D eigenvalue weighted by molar-refractivity contribution is -0.119. The number of amides is 1. The first-order valence-electron chi connectivity index (χ1n) is 9.03. The van der Waals surface area contributed by atoms with E-state index < -0.39 is 24.5 Å². The fourth-order valence-electron chi connectivity index (χ4n) is 2.50. The number of benzene rings is 3. The van der Waals surface area contributed by atoms with Crippen LogP contribution in [0.1, 0.15) is 20.7 Å². The summed E-state index contributed by atoms with van der Waals surface area (Å²) in [6.07, 6.45) is 0. The van der Waals surface area contributed by atoms with E-state index in [1.807, 2.05) is 30.3 Å². The van der Waals surface area contributed by atoms with E-state index in [0.717, 1.165) is 0 Å². The molecule has 3 rings (SSSR count). The Kier molecular flexibility index (Phi) is 6.78. The van der Waals surface area contributed by atoms with E-state index in [-0.39, 0.29) is 0 Å². The van der Waals surface area contributed by atoms with Gasteiger partial charge < -0.3 is 19.5 Å². The Labute approximate surface area is 173 Å². The topological polar surface area (TPSA) is 90.9 Å². The van der Waals surface area contributed by atoms with Crippen LogP contribution in [-0.4, -0.2) is 31.6 Å². The van der Waals surface area contributed by atoms with Gasteiger partial charge in [0.2, 0.25) is 0 Å². The Morgan fingerprint density at radius 1 is 0.733 bits per heavy atom. The summed E-state index contributed by atoms with van der Waals surface area (Å²) in [7, 11) is 1.29. The second kappa shape index (κ2) is 9.88. The number of hydrogen-bond donors (Lipinski definition) is 1. The number of esters is 2. The van der Waals surface area contributed by atoms with Crippen LogP contribution in [0.25, 0.3) is 0 Å². The Bertz CT molecular complexity index is 1010. The number of carbonyl (C=O) groups excluding carboxylic acids is 3. The normalized spacial score (nSPS) is 10.0. The Hall–Kier alpha value is -4.13. The Morgan fingerprint density at radius 2 is 1.30 bits per heavy atom. The minimum Gasteiger partial charge on any atom is -0.465 e. The second-order valence-electron chi connectivity index (χ2n) is 6.13. The molecule has 1 amide bonds. The lowest BCUT2D eigenvalue weighted by atomic mass is 10.2. The van der Waals surface area contributed by atoms with Crippen LogP contribution < -0.4 is 10.1 Å². The van der Waals surface area contributed by atoms with Crippen molar-refractivity contribution in [3.05, 3.63) is 90.0 Å². The first kappa shape index (κ1) is 20.6. The largest absolute Gasteiger partial charge is 0.465 e. The molecular formula is C23H19NO6. The van der Waals surface area contributed by atoms with Gasteiger partial charge in [0.15, 0.2) is 6.61 Å². The minimum atomic E-state index is -0.627. The van der Waals surface area contributed by atoms with E-state index in [4.69, 9.17) is 9.47 Å². The first-order valence-corrected chi connectivity index (χ1v) is 9.03. The molecule has 30 heavy (non-hydrogen) atoms. The molecule has 0 atom stereocenters. The van der Waals surface area contributed by atoms with Crippen LogP contribution in [0.5, 0.6) is 11.5 Å². The van der Waals surface area contributed by atoms with Crippen molar-refractivity contribution in [3.63, 3.8) is 0 Å². The van der Waals surface area contributed by atoms with Gasteiger partial charge in [-0.2, -0.15) is 0 Å². The fourth-order valence-corrected chi connectivity index (χ4v) is 2.50. The summed E-state index contributed by atoms with van der Waals surface area (Å²) >= 11 is 0. The maximum absolute atomic E-state index is 12.1. The van der Waals surface area contributed by atoms with Crippen LogP contribution in [-0.2, 0) is 14.3 Å². The molecule has 0 aromatic heterocycles. The van der Waals surface area contributed by atoms with Crippen molar-refractivity contribution in [2.45, 2.75) is 0 Å². The summed E-state index contributed by atoms with van der Waals surface area (Å²) in [6.45, 7) is -0.445. The third-order valence-electron chi connectivity index (χ3n) is 3.99. The maximum Gasteiger partial charge on any atom is 0.338 e. The average Bonchev–Trinajstić information content (AvgIpc) is 2.78. The third kappa shape index (κ3) is 5.68. The standard InChI is InChI=1S/C23H19NO6/c1-28-22(26)16-7-11-18(12-8-16)24-21(25)15-29-23(27)17-9-13-20(14-10-17)30-19-5-3-2-4-6-19/h2-14H,15H2,1H3,(H,24,25). The Morgan fingerprint density at radius 3 is 1.93 bits per heavy atom. The van der Waals surface area contributed by atoms with E-state index in [1.165, 1.54) is 19.2 Å². The highest BCUT2D eigenvalue weighted by atomic mass is 16.5. The van der Waals surface area contributed by atoms with Crippen LogP contribution in [0.15, 0.2) is 78.9 Å². The van der Waals surface area contributed by atoms with Crippen molar-refractivity contribution in [1.29, 1.82) is 0 Å². The molecule has 0 unspecified atom stereocenters. The molecule has 0 bridgehead atoms. The number of anilines is 1. The molecule has 7 heteroatoms. The molecule has 0 saturated heterocycles. The number of rotatable bonds is 7. The second-order valence-corrected chi connectivity index (χ2v) is 6.13. The summed E-state index contributed by atoms with van der Waals surface area (Å²) in [5, 5.41) is 2.58. The SMILES string of the molecule is COC(=O)c1ccc(NC(=O)COC(=O)c2ccc(Oc3ccccc3)cc2)cc1. The molecular weight excluding hydrogens is 386 g/mol. The van der Waals surface area contributed by atoms with Gasteiger partial charge in [0, 0.05) is 5.69 Å². The first-order chi connectivity index (χ1) is 14.5. The van der Waals surface area contributed by atoms with Crippen molar-refractivity contribution in [3.8, 4) is 11.5 Å². The number of carbonyl (C=O) groups is 3. The molecule has 3 aromatic rings. The van der Waals surface area contributed by atoms with Crippen LogP contribution in [0.3, 0.4) is 0 Å². The molecule has 0 aliphatic heterocycles. The predicted octanol–water partition coefficient (Wildman–Crippen LogP) is 4.06. The predicted molar refractivity (Wildman–Crippen MR) is 110 cm³/mol. The van der Waals surface area contributed by atoms with Crippen LogP contribution in [0, 0.1) is 0 Å². The van der Waals surface area contributed by atoms with Crippen molar-refractivity contribution in [2.75, 3.05) is 19.0 Å². The van der Waals surface area contributed by atoms with Gasteiger partial charge in [0.25, 0.3) is 5.91 Å². The molecule has 3 aromatic carbocycles. The number of methoxy groups -OCH3 is 1. The average molecular weight is 405 g/mol. The molecule has 0 radical (unpaired) electrons. The Balaban J connectivity index is 1.48. The highest BCUT2D eigenvalue weighted by molar-refractivity contribution is 5.96. The van der Waals surface area contributed by atoms with Gasteiger partial charge in [0.1, 0.15) is 11.5 Å². The highest BCUT2D eigenvalue weighted by Crippen LogP contribution is 2.21. The molecule has 0 aliphatic rings. The van der Waals surface area contributed by atoms with Gasteiger partial charge in [0.05, 0.1) is 18.2 Å². The lowest BCUT2D eigenvalue weighted by Crippen LogP contribution is -2.21. The van der Waals surface area contributed by atoms with Gasteiger partial charge in [-0.25, -0.2) is 9.59 Å². The van der Waals surface area contributed by atoms with Crippen LogP contribution in [0.2, 0.25) is 0 Å². The zero-order chi connectivity index (χ0) is 21.3. The summed E-state index contributed by atoms with van der Waals surface area (Å²) < 4.78 is 15.3. The molecule has 152 valence electrons.